The van der Waals surface area contributed by atoms with Crippen LogP contribution in [0, 0.1) is 0 Å². The van der Waals surface area contributed by atoms with Crippen molar-refractivity contribution in [2.45, 2.75) is 26.5 Å². The molecule has 0 aliphatic carbocycles. The molecule has 0 spiro atoms. The number of halogens is 1. The summed E-state index contributed by atoms with van der Waals surface area (Å²) in [6.07, 6.45) is -0.467. The first-order chi connectivity index (χ1) is 9.54. The zero-order chi connectivity index (χ0) is 14.7. The Balaban J connectivity index is 2.17. The van der Waals surface area contributed by atoms with Gasteiger partial charge in [-0.1, -0.05) is 17.7 Å². The number of fused-ring (bicyclic) bond motifs is 1. The van der Waals surface area contributed by atoms with Crippen LogP contribution in [0.1, 0.15) is 19.5 Å². The van der Waals surface area contributed by atoms with Gasteiger partial charge in [0.2, 0.25) is 5.91 Å². The van der Waals surface area contributed by atoms with E-state index in [1.807, 2.05) is 32.2 Å². The summed E-state index contributed by atoms with van der Waals surface area (Å²) in [5.41, 5.74) is 1.70. The minimum absolute atomic E-state index is 0.155. The predicted molar refractivity (Wildman–Crippen MR) is 78.7 cm³/mol. The van der Waals surface area contributed by atoms with Crippen molar-refractivity contribution in [3.63, 3.8) is 0 Å². The van der Waals surface area contributed by atoms with E-state index in [-0.39, 0.29) is 5.91 Å². The van der Waals surface area contributed by atoms with Gasteiger partial charge in [-0.15, -0.1) is 0 Å². The number of nitrogens with one attached hydrogen (secondary N) is 1. The fourth-order valence-corrected chi connectivity index (χ4v) is 2.40. The first-order valence-electron chi connectivity index (χ1n) is 6.54. The van der Waals surface area contributed by atoms with Gasteiger partial charge in [0.15, 0.2) is 0 Å². The summed E-state index contributed by atoms with van der Waals surface area (Å²) in [4.78, 5) is 11.8. The Hall–Kier alpha value is -1.59. The average molecular weight is 296 g/mol. The molecule has 0 saturated carbocycles. The van der Waals surface area contributed by atoms with Gasteiger partial charge >= 0.3 is 0 Å². The van der Waals surface area contributed by atoms with Crippen molar-refractivity contribution >= 4 is 28.4 Å². The summed E-state index contributed by atoms with van der Waals surface area (Å²) >= 11 is 6.21. The van der Waals surface area contributed by atoms with Gasteiger partial charge in [0.1, 0.15) is 6.10 Å². The lowest BCUT2D eigenvalue weighted by molar-refractivity contribution is -0.131. The smallest absolute Gasteiger partial charge is 0.249 e. The van der Waals surface area contributed by atoms with Crippen LogP contribution in [-0.4, -0.2) is 28.4 Å². The molecule has 0 radical (unpaired) electrons. The quantitative estimate of drug-likeness (QED) is 0.920. The van der Waals surface area contributed by atoms with E-state index in [1.54, 1.807) is 11.6 Å². The SMILES string of the molecule is CCO[C@@H](C)C(=O)NCc1nn(C)c2cccc(Cl)c12. The van der Waals surface area contributed by atoms with Crippen molar-refractivity contribution < 1.29 is 9.53 Å². The van der Waals surface area contributed by atoms with E-state index < -0.39 is 6.10 Å². The van der Waals surface area contributed by atoms with E-state index >= 15 is 0 Å². The highest BCUT2D eigenvalue weighted by atomic mass is 35.5. The highest BCUT2D eigenvalue weighted by Gasteiger charge is 2.15. The van der Waals surface area contributed by atoms with E-state index in [4.69, 9.17) is 16.3 Å². The van der Waals surface area contributed by atoms with Crippen LogP contribution in [0.4, 0.5) is 0 Å². The highest BCUT2D eigenvalue weighted by Crippen LogP contribution is 2.26. The molecular formula is C14H18ClN3O2. The minimum atomic E-state index is -0.467. The van der Waals surface area contributed by atoms with Crippen LogP contribution in [0.15, 0.2) is 18.2 Å². The number of benzene rings is 1. The Kier molecular flexibility index (Phi) is 4.62. The summed E-state index contributed by atoms with van der Waals surface area (Å²) in [5.74, 6) is -0.155. The molecule has 1 aromatic carbocycles. The molecule has 20 heavy (non-hydrogen) atoms. The van der Waals surface area contributed by atoms with Crippen LogP contribution >= 0.6 is 11.6 Å². The van der Waals surface area contributed by atoms with Crippen LogP contribution in [0.5, 0.6) is 0 Å². The number of carbonyl (C=O) groups excluding carboxylic acids is 1. The molecule has 0 aliphatic heterocycles. The first kappa shape index (κ1) is 14.8. The molecule has 1 aromatic heterocycles. The average Bonchev–Trinajstić information content (AvgIpc) is 2.74. The molecule has 6 heteroatoms. The monoisotopic (exact) mass is 295 g/mol. The predicted octanol–water partition coefficient (Wildman–Crippen LogP) is 2.27. The number of rotatable bonds is 5. The van der Waals surface area contributed by atoms with E-state index in [9.17, 15) is 4.79 Å². The van der Waals surface area contributed by atoms with Crippen LogP contribution < -0.4 is 5.32 Å². The van der Waals surface area contributed by atoms with E-state index in [1.165, 1.54) is 0 Å². The topological polar surface area (TPSA) is 56.1 Å². The summed E-state index contributed by atoms with van der Waals surface area (Å²) in [5, 5.41) is 8.74. The molecule has 2 aromatic rings. The maximum Gasteiger partial charge on any atom is 0.249 e. The molecule has 5 nitrogen and oxygen atoms in total. The normalized spacial score (nSPS) is 12.6. The maximum absolute atomic E-state index is 11.8. The summed E-state index contributed by atoms with van der Waals surface area (Å²) in [6.45, 7) is 4.42. The molecule has 0 aliphatic rings. The van der Waals surface area contributed by atoms with E-state index in [2.05, 4.69) is 10.4 Å². The highest BCUT2D eigenvalue weighted by molar-refractivity contribution is 6.35. The fraction of sp³-hybridized carbons (Fsp3) is 0.429. The van der Waals surface area contributed by atoms with Gasteiger partial charge in [-0.3, -0.25) is 9.48 Å². The lowest BCUT2D eigenvalue weighted by Gasteiger charge is -2.11. The molecule has 1 atom stereocenters. The van der Waals surface area contributed by atoms with Crippen LogP contribution in [0.2, 0.25) is 5.02 Å². The first-order valence-corrected chi connectivity index (χ1v) is 6.91. The lowest BCUT2D eigenvalue weighted by atomic mass is 10.2. The second-order valence-electron chi connectivity index (χ2n) is 4.52. The number of aromatic nitrogens is 2. The summed E-state index contributed by atoms with van der Waals surface area (Å²) in [7, 11) is 1.85. The van der Waals surface area contributed by atoms with Crippen LogP contribution in [0.3, 0.4) is 0 Å². The molecule has 0 fully saturated rings. The van der Waals surface area contributed by atoms with Gasteiger partial charge in [-0.25, -0.2) is 0 Å². The number of hydrogen-bond donors (Lipinski definition) is 1. The Morgan fingerprint density at radius 2 is 2.30 bits per heavy atom. The Morgan fingerprint density at radius 3 is 3.00 bits per heavy atom. The van der Waals surface area contributed by atoms with Gasteiger partial charge in [0, 0.05) is 19.0 Å². The fourth-order valence-electron chi connectivity index (χ4n) is 2.12. The van der Waals surface area contributed by atoms with Crippen molar-refractivity contribution in [1.29, 1.82) is 0 Å². The molecule has 0 bridgehead atoms. The second-order valence-corrected chi connectivity index (χ2v) is 4.93. The van der Waals surface area contributed by atoms with Gasteiger partial charge in [-0.05, 0) is 26.0 Å². The number of hydrogen-bond acceptors (Lipinski definition) is 3. The largest absolute Gasteiger partial charge is 0.369 e. The Labute approximate surface area is 122 Å². The van der Waals surface area contributed by atoms with Gasteiger partial charge in [0.25, 0.3) is 0 Å². The van der Waals surface area contributed by atoms with Gasteiger partial charge in [0.05, 0.1) is 22.8 Å². The van der Waals surface area contributed by atoms with Crippen molar-refractivity contribution in [3.05, 3.63) is 28.9 Å². The Morgan fingerprint density at radius 1 is 1.55 bits per heavy atom. The lowest BCUT2D eigenvalue weighted by Crippen LogP contribution is -2.34. The molecule has 2 rings (SSSR count). The molecule has 0 unspecified atom stereocenters. The standard InChI is InChI=1S/C14H18ClN3O2/c1-4-20-9(2)14(19)16-8-11-13-10(15)6-5-7-12(13)18(3)17-11/h5-7,9H,4,8H2,1-3H3,(H,16,19)/t9-/m0/s1. The molecular weight excluding hydrogens is 278 g/mol. The third-order valence-electron chi connectivity index (χ3n) is 3.12. The summed E-state index contributed by atoms with van der Waals surface area (Å²) in [6, 6.07) is 5.65. The van der Waals surface area contributed by atoms with E-state index in [0.29, 0.717) is 18.2 Å². The molecule has 1 amide bonds. The van der Waals surface area contributed by atoms with E-state index in [0.717, 1.165) is 16.6 Å². The number of amides is 1. The van der Waals surface area contributed by atoms with Crippen molar-refractivity contribution in [2.24, 2.45) is 7.05 Å². The maximum atomic E-state index is 11.8. The number of carbonyl (C=O) groups is 1. The van der Waals surface area contributed by atoms with Crippen molar-refractivity contribution in [2.75, 3.05) is 6.61 Å². The van der Waals surface area contributed by atoms with Gasteiger partial charge < -0.3 is 10.1 Å². The van der Waals surface area contributed by atoms with Crippen LogP contribution in [0.25, 0.3) is 10.9 Å². The third kappa shape index (κ3) is 2.94. The molecule has 108 valence electrons. The number of aryl methyl sites for hydroxylation is 1. The molecule has 0 saturated heterocycles. The third-order valence-corrected chi connectivity index (χ3v) is 3.43. The Bertz CT molecular complexity index is 624. The zero-order valence-corrected chi connectivity index (χ0v) is 12.6. The molecule has 1 heterocycles. The number of nitrogens with zero attached hydrogens (tertiary/aromatic N) is 2. The van der Waals surface area contributed by atoms with Crippen LogP contribution in [-0.2, 0) is 23.1 Å². The minimum Gasteiger partial charge on any atom is -0.369 e. The number of ether oxygens (including phenoxy) is 1. The summed E-state index contributed by atoms with van der Waals surface area (Å²) < 4.78 is 7.00. The molecule has 1 N–H and O–H groups in total. The second kappa shape index (κ2) is 6.24. The van der Waals surface area contributed by atoms with Crippen molar-refractivity contribution in [1.82, 2.24) is 15.1 Å². The van der Waals surface area contributed by atoms with Gasteiger partial charge in [-0.2, -0.15) is 5.10 Å². The zero-order valence-electron chi connectivity index (χ0n) is 11.8. The van der Waals surface area contributed by atoms with Crippen molar-refractivity contribution in [3.8, 4) is 0 Å².